The van der Waals surface area contributed by atoms with Crippen molar-refractivity contribution in [1.82, 2.24) is 14.9 Å². The quantitative estimate of drug-likeness (QED) is 0.885. The van der Waals surface area contributed by atoms with Gasteiger partial charge in [0.15, 0.2) is 0 Å². The summed E-state index contributed by atoms with van der Waals surface area (Å²) in [6.07, 6.45) is 4.40. The molecule has 0 aliphatic heterocycles. The van der Waals surface area contributed by atoms with Gasteiger partial charge < -0.3 is 10.2 Å². The molecule has 110 valence electrons. The Morgan fingerprint density at radius 1 is 1.19 bits per heavy atom. The Hall–Kier alpha value is -2.43. The minimum Gasteiger partial charge on any atom is -0.369 e. The van der Waals surface area contributed by atoms with Gasteiger partial charge in [0.25, 0.3) is 5.91 Å². The number of hydrogen-bond acceptors (Lipinski definition) is 4. The molecule has 1 amide bonds. The molecule has 0 fully saturated rings. The monoisotopic (exact) mass is 284 g/mol. The summed E-state index contributed by atoms with van der Waals surface area (Å²) in [6.45, 7) is 3.34. The van der Waals surface area contributed by atoms with Gasteiger partial charge in [0.05, 0.1) is 17.8 Å². The number of aromatic nitrogens is 2. The number of rotatable bonds is 6. The molecule has 0 aliphatic carbocycles. The molecule has 0 aliphatic rings. The van der Waals surface area contributed by atoms with Gasteiger partial charge >= 0.3 is 0 Å². The van der Waals surface area contributed by atoms with Gasteiger partial charge in [-0.2, -0.15) is 0 Å². The number of hydrogen-bond donors (Lipinski definition) is 1. The van der Waals surface area contributed by atoms with Gasteiger partial charge in [-0.1, -0.05) is 13.0 Å². The van der Waals surface area contributed by atoms with Gasteiger partial charge in [-0.15, -0.1) is 0 Å². The average molecular weight is 284 g/mol. The second kappa shape index (κ2) is 7.38. The summed E-state index contributed by atoms with van der Waals surface area (Å²) in [6, 6.07) is 9.25. The standard InChI is InChI=1S/C16H20N4O/c1-3-9-18-15-14(8-6-11-19-15)16(21)20(2)12-13-7-4-5-10-17-13/h4-8,10-11H,3,9,12H2,1-2H3,(H,18,19). The third-order valence-corrected chi connectivity index (χ3v) is 3.05. The van der Waals surface area contributed by atoms with E-state index in [1.165, 1.54) is 0 Å². The first-order chi connectivity index (χ1) is 10.2. The molecule has 2 aromatic heterocycles. The minimum absolute atomic E-state index is 0.0626. The lowest BCUT2D eigenvalue weighted by Crippen LogP contribution is -2.27. The molecule has 0 spiro atoms. The third kappa shape index (κ3) is 4.02. The van der Waals surface area contributed by atoms with E-state index in [0.29, 0.717) is 17.9 Å². The van der Waals surface area contributed by atoms with Crippen molar-refractivity contribution in [3.63, 3.8) is 0 Å². The molecule has 2 aromatic rings. The zero-order valence-corrected chi connectivity index (χ0v) is 12.4. The molecule has 5 nitrogen and oxygen atoms in total. The van der Waals surface area contributed by atoms with Crippen molar-refractivity contribution in [1.29, 1.82) is 0 Å². The second-order valence-corrected chi connectivity index (χ2v) is 4.81. The molecule has 2 rings (SSSR count). The molecule has 0 saturated carbocycles. The number of nitrogens with zero attached hydrogens (tertiary/aromatic N) is 3. The fraction of sp³-hybridized carbons (Fsp3) is 0.312. The average Bonchev–Trinajstić information content (AvgIpc) is 2.53. The molecule has 0 atom stereocenters. The second-order valence-electron chi connectivity index (χ2n) is 4.81. The van der Waals surface area contributed by atoms with Gasteiger partial charge in [-0.3, -0.25) is 9.78 Å². The number of nitrogens with one attached hydrogen (secondary N) is 1. The van der Waals surface area contributed by atoms with Crippen molar-refractivity contribution >= 4 is 11.7 Å². The van der Waals surface area contributed by atoms with Crippen molar-refractivity contribution in [2.75, 3.05) is 18.9 Å². The van der Waals surface area contributed by atoms with Crippen molar-refractivity contribution in [3.8, 4) is 0 Å². The normalized spacial score (nSPS) is 10.2. The Labute approximate surface area is 125 Å². The van der Waals surface area contributed by atoms with Crippen LogP contribution in [0.4, 0.5) is 5.82 Å². The molecular weight excluding hydrogens is 264 g/mol. The maximum atomic E-state index is 12.6. The van der Waals surface area contributed by atoms with Crippen molar-refractivity contribution < 1.29 is 4.79 Å². The summed E-state index contributed by atoms with van der Waals surface area (Å²) in [7, 11) is 1.77. The lowest BCUT2D eigenvalue weighted by Gasteiger charge is -2.18. The maximum Gasteiger partial charge on any atom is 0.257 e. The van der Waals surface area contributed by atoms with Gasteiger partial charge in [0.1, 0.15) is 5.82 Å². The van der Waals surface area contributed by atoms with Crippen LogP contribution in [0.25, 0.3) is 0 Å². The fourth-order valence-electron chi connectivity index (χ4n) is 1.97. The van der Waals surface area contributed by atoms with Crippen LogP contribution in [0, 0.1) is 0 Å². The van der Waals surface area contributed by atoms with E-state index in [2.05, 4.69) is 22.2 Å². The van der Waals surface area contributed by atoms with Gasteiger partial charge in [-0.25, -0.2) is 4.98 Å². The largest absolute Gasteiger partial charge is 0.369 e. The first kappa shape index (κ1) is 15.0. The predicted octanol–water partition coefficient (Wildman–Crippen LogP) is 2.57. The van der Waals surface area contributed by atoms with E-state index in [-0.39, 0.29) is 5.91 Å². The summed E-state index contributed by atoms with van der Waals surface area (Å²) in [5.41, 5.74) is 1.45. The van der Waals surface area contributed by atoms with E-state index in [4.69, 9.17) is 0 Å². The highest BCUT2D eigenvalue weighted by Gasteiger charge is 2.16. The molecule has 0 unspecified atom stereocenters. The van der Waals surface area contributed by atoms with Crippen LogP contribution in [0.5, 0.6) is 0 Å². The Morgan fingerprint density at radius 2 is 2.00 bits per heavy atom. The van der Waals surface area contributed by atoms with Crippen molar-refractivity contribution in [2.45, 2.75) is 19.9 Å². The molecule has 0 bridgehead atoms. The Balaban J connectivity index is 2.12. The molecule has 0 aromatic carbocycles. The van der Waals surface area contributed by atoms with Gasteiger partial charge in [0.2, 0.25) is 0 Å². The first-order valence-corrected chi connectivity index (χ1v) is 7.06. The van der Waals surface area contributed by atoms with Crippen LogP contribution in [0.15, 0.2) is 42.7 Å². The number of anilines is 1. The Bertz CT molecular complexity index is 586. The molecule has 0 saturated heterocycles. The third-order valence-electron chi connectivity index (χ3n) is 3.05. The van der Waals surface area contributed by atoms with Crippen LogP contribution >= 0.6 is 0 Å². The molecule has 21 heavy (non-hydrogen) atoms. The van der Waals surface area contributed by atoms with Crippen molar-refractivity contribution in [3.05, 3.63) is 54.0 Å². The molecule has 2 heterocycles. The van der Waals surface area contributed by atoms with E-state index >= 15 is 0 Å². The zero-order chi connectivity index (χ0) is 15.1. The topological polar surface area (TPSA) is 58.1 Å². The Kier molecular flexibility index (Phi) is 5.26. The lowest BCUT2D eigenvalue weighted by molar-refractivity contribution is 0.0784. The lowest BCUT2D eigenvalue weighted by atomic mass is 10.2. The van der Waals surface area contributed by atoms with Crippen molar-refractivity contribution in [2.24, 2.45) is 0 Å². The Morgan fingerprint density at radius 3 is 2.71 bits per heavy atom. The van der Waals surface area contributed by atoms with Crippen LogP contribution in [-0.4, -0.2) is 34.4 Å². The van der Waals surface area contributed by atoms with E-state index in [9.17, 15) is 4.79 Å². The summed E-state index contributed by atoms with van der Waals surface area (Å²) >= 11 is 0. The van der Waals surface area contributed by atoms with Crippen LogP contribution in [0.1, 0.15) is 29.4 Å². The molecule has 5 heteroatoms. The van der Waals surface area contributed by atoms with Gasteiger partial charge in [-0.05, 0) is 30.7 Å². The SMILES string of the molecule is CCCNc1ncccc1C(=O)N(C)Cc1ccccn1. The highest BCUT2D eigenvalue weighted by molar-refractivity contribution is 5.98. The van der Waals surface area contributed by atoms with Crippen LogP contribution in [0.3, 0.4) is 0 Å². The van der Waals surface area contributed by atoms with Gasteiger partial charge in [0, 0.05) is 26.0 Å². The smallest absolute Gasteiger partial charge is 0.257 e. The molecule has 0 radical (unpaired) electrons. The summed E-state index contributed by atoms with van der Waals surface area (Å²) in [5, 5.41) is 3.19. The zero-order valence-electron chi connectivity index (χ0n) is 12.4. The van der Waals surface area contributed by atoms with E-state index in [1.54, 1.807) is 36.5 Å². The summed E-state index contributed by atoms with van der Waals surface area (Å²) < 4.78 is 0. The van der Waals surface area contributed by atoms with E-state index < -0.39 is 0 Å². The predicted molar refractivity (Wildman–Crippen MR) is 83.1 cm³/mol. The van der Waals surface area contributed by atoms with E-state index in [0.717, 1.165) is 18.7 Å². The van der Waals surface area contributed by atoms with Crippen LogP contribution in [0.2, 0.25) is 0 Å². The highest BCUT2D eigenvalue weighted by atomic mass is 16.2. The highest BCUT2D eigenvalue weighted by Crippen LogP contribution is 2.14. The van der Waals surface area contributed by atoms with E-state index in [1.807, 2.05) is 18.2 Å². The number of amides is 1. The number of carbonyl (C=O) groups is 1. The summed E-state index contributed by atoms with van der Waals surface area (Å²) in [5.74, 6) is 0.574. The summed E-state index contributed by atoms with van der Waals surface area (Å²) in [4.78, 5) is 22.7. The first-order valence-electron chi connectivity index (χ1n) is 7.06. The molecule has 1 N–H and O–H groups in total. The molecular formula is C16H20N4O. The fourth-order valence-corrected chi connectivity index (χ4v) is 1.97. The van der Waals surface area contributed by atoms with Crippen LogP contribution < -0.4 is 5.32 Å². The number of pyridine rings is 2. The van der Waals surface area contributed by atoms with Crippen LogP contribution in [-0.2, 0) is 6.54 Å². The minimum atomic E-state index is -0.0626. The number of carbonyl (C=O) groups excluding carboxylic acids is 1. The maximum absolute atomic E-state index is 12.6.